The Labute approximate surface area is 127 Å². The number of para-hydroxylation sites is 1. The van der Waals surface area contributed by atoms with Crippen molar-refractivity contribution < 1.29 is 14.1 Å². The van der Waals surface area contributed by atoms with Crippen LogP contribution in [0.15, 0.2) is 28.8 Å². The molecule has 0 aliphatic heterocycles. The van der Waals surface area contributed by atoms with Gasteiger partial charge in [-0.2, -0.15) is 0 Å². The third-order valence-electron chi connectivity index (χ3n) is 3.86. The highest BCUT2D eigenvalue weighted by molar-refractivity contribution is 6.08. The van der Waals surface area contributed by atoms with Crippen molar-refractivity contribution in [2.24, 2.45) is 5.73 Å². The van der Waals surface area contributed by atoms with Gasteiger partial charge in [0, 0.05) is 12.0 Å². The third kappa shape index (κ3) is 2.72. The van der Waals surface area contributed by atoms with Gasteiger partial charge < -0.3 is 15.6 Å². The Morgan fingerprint density at radius 1 is 1.14 bits per heavy atom. The van der Waals surface area contributed by atoms with Crippen molar-refractivity contribution in [3.05, 3.63) is 46.8 Å². The number of hydrogen-bond donors (Lipinski definition) is 2. The fourth-order valence-electron chi connectivity index (χ4n) is 2.73. The zero-order valence-electron chi connectivity index (χ0n) is 12.1. The summed E-state index contributed by atoms with van der Waals surface area (Å²) in [6.45, 7) is 0. The van der Waals surface area contributed by atoms with Crippen molar-refractivity contribution in [1.82, 2.24) is 5.16 Å². The minimum absolute atomic E-state index is 0.269. The largest absolute Gasteiger partial charge is 0.366 e. The number of aryl methyl sites for hydroxylation is 1. The number of nitrogens with zero attached hydrogens (tertiary/aromatic N) is 1. The lowest BCUT2D eigenvalue weighted by Gasteiger charge is -2.08. The van der Waals surface area contributed by atoms with Crippen LogP contribution in [0, 0.1) is 0 Å². The number of nitrogens with one attached hydrogen (secondary N) is 1. The van der Waals surface area contributed by atoms with E-state index in [0.29, 0.717) is 11.4 Å². The maximum Gasteiger partial charge on any atom is 0.278 e. The van der Waals surface area contributed by atoms with E-state index in [1.807, 2.05) is 0 Å². The number of hydrogen-bond acceptors (Lipinski definition) is 4. The normalized spacial score (nSPS) is 14.0. The van der Waals surface area contributed by atoms with Gasteiger partial charge in [0.05, 0.1) is 11.3 Å². The molecular weight excluding hydrogens is 282 g/mol. The van der Waals surface area contributed by atoms with Gasteiger partial charge in [0.25, 0.3) is 11.8 Å². The fourth-order valence-corrected chi connectivity index (χ4v) is 2.73. The molecule has 6 nitrogen and oxygen atoms in total. The Balaban J connectivity index is 1.87. The molecule has 1 heterocycles. The summed E-state index contributed by atoms with van der Waals surface area (Å²) in [5.41, 5.74) is 7.15. The molecule has 3 rings (SSSR count). The average Bonchev–Trinajstić information content (AvgIpc) is 2.77. The second kappa shape index (κ2) is 6.01. The molecule has 22 heavy (non-hydrogen) atoms. The Morgan fingerprint density at radius 3 is 2.73 bits per heavy atom. The van der Waals surface area contributed by atoms with E-state index >= 15 is 0 Å². The highest BCUT2D eigenvalue weighted by atomic mass is 16.5. The Kier molecular flexibility index (Phi) is 3.91. The molecule has 1 aromatic heterocycles. The predicted molar refractivity (Wildman–Crippen MR) is 80.7 cm³/mol. The summed E-state index contributed by atoms with van der Waals surface area (Å²) >= 11 is 0. The lowest BCUT2D eigenvalue weighted by molar-refractivity contribution is 0.100. The number of rotatable bonds is 3. The number of fused-ring (bicyclic) bond motifs is 1. The molecule has 2 aromatic rings. The van der Waals surface area contributed by atoms with Crippen molar-refractivity contribution in [1.29, 1.82) is 0 Å². The van der Waals surface area contributed by atoms with Crippen LogP contribution in [0.4, 0.5) is 5.69 Å². The summed E-state index contributed by atoms with van der Waals surface area (Å²) in [6.07, 6.45) is 4.79. The van der Waals surface area contributed by atoms with Crippen LogP contribution >= 0.6 is 0 Å². The van der Waals surface area contributed by atoms with Gasteiger partial charge in [-0.25, -0.2) is 0 Å². The maximum atomic E-state index is 12.4. The number of benzene rings is 1. The molecule has 0 saturated heterocycles. The number of carbonyl (C=O) groups excluding carboxylic acids is 2. The van der Waals surface area contributed by atoms with Gasteiger partial charge in [-0.15, -0.1) is 0 Å². The lowest BCUT2D eigenvalue weighted by Crippen LogP contribution is -2.19. The van der Waals surface area contributed by atoms with Gasteiger partial charge in [-0.1, -0.05) is 23.7 Å². The topological polar surface area (TPSA) is 98.2 Å². The molecule has 114 valence electrons. The molecular formula is C16H17N3O3. The van der Waals surface area contributed by atoms with Crippen molar-refractivity contribution in [3.63, 3.8) is 0 Å². The molecule has 0 bridgehead atoms. The van der Waals surface area contributed by atoms with Crippen molar-refractivity contribution in [2.45, 2.75) is 32.1 Å². The number of primary amides is 1. The first-order chi connectivity index (χ1) is 10.7. The standard InChI is InChI=1S/C16H17N3O3/c17-15(20)10-6-4-5-8-12(10)18-16(21)14-11-7-2-1-3-9-13(11)22-19-14/h4-6,8H,1-3,7,9H2,(H2,17,20)(H,18,21). The first-order valence-corrected chi connectivity index (χ1v) is 7.34. The first-order valence-electron chi connectivity index (χ1n) is 7.34. The molecule has 2 amide bonds. The highest BCUT2D eigenvalue weighted by Crippen LogP contribution is 2.24. The summed E-state index contributed by atoms with van der Waals surface area (Å²) in [7, 11) is 0. The number of aromatic nitrogens is 1. The van der Waals surface area contributed by atoms with Crippen molar-refractivity contribution in [3.8, 4) is 0 Å². The molecule has 1 aromatic carbocycles. The minimum atomic E-state index is -0.588. The van der Waals surface area contributed by atoms with Gasteiger partial charge in [0.15, 0.2) is 5.69 Å². The molecule has 0 fully saturated rings. The van der Waals surface area contributed by atoms with E-state index < -0.39 is 5.91 Å². The molecule has 3 N–H and O–H groups in total. The van der Waals surface area contributed by atoms with E-state index in [-0.39, 0.29) is 11.5 Å². The number of carbonyl (C=O) groups is 2. The second-order valence-corrected chi connectivity index (χ2v) is 5.36. The molecule has 0 unspecified atom stereocenters. The molecule has 1 aliphatic carbocycles. The lowest BCUT2D eigenvalue weighted by atomic mass is 10.1. The van der Waals surface area contributed by atoms with Crippen LogP contribution in [0.3, 0.4) is 0 Å². The summed E-state index contributed by atoms with van der Waals surface area (Å²) in [4.78, 5) is 23.9. The first kappa shape index (κ1) is 14.3. The molecule has 0 spiro atoms. The molecule has 0 atom stereocenters. The van der Waals surface area contributed by atoms with Crippen molar-refractivity contribution >= 4 is 17.5 Å². The van der Waals surface area contributed by atoms with Crippen LogP contribution in [0.5, 0.6) is 0 Å². The quantitative estimate of drug-likeness (QED) is 0.849. The monoisotopic (exact) mass is 299 g/mol. The highest BCUT2D eigenvalue weighted by Gasteiger charge is 2.23. The second-order valence-electron chi connectivity index (χ2n) is 5.36. The number of amides is 2. The Bertz CT molecular complexity index is 721. The van der Waals surface area contributed by atoms with Crippen molar-refractivity contribution in [2.75, 3.05) is 5.32 Å². The number of nitrogens with two attached hydrogens (primary N) is 1. The zero-order valence-corrected chi connectivity index (χ0v) is 12.1. The maximum absolute atomic E-state index is 12.4. The summed E-state index contributed by atoms with van der Waals surface area (Å²) in [6, 6.07) is 6.63. The Hall–Kier alpha value is -2.63. The molecule has 0 saturated carbocycles. The van der Waals surface area contributed by atoms with Gasteiger partial charge >= 0.3 is 0 Å². The fraction of sp³-hybridized carbons (Fsp3) is 0.312. The molecule has 1 aliphatic rings. The van der Waals surface area contributed by atoms with Gasteiger partial charge in [0.1, 0.15) is 5.76 Å². The minimum Gasteiger partial charge on any atom is -0.366 e. The van der Waals surface area contributed by atoms with E-state index in [2.05, 4.69) is 10.5 Å². The van der Waals surface area contributed by atoms with E-state index in [9.17, 15) is 9.59 Å². The summed E-state index contributed by atoms with van der Waals surface area (Å²) in [5, 5.41) is 6.61. The molecule has 6 heteroatoms. The van der Waals surface area contributed by atoms with E-state index in [1.54, 1.807) is 24.3 Å². The average molecular weight is 299 g/mol. The zero-order chi connectivity index (χ0) is 15.5. The summed E-state index contributed by atoms with van der Waals surface area (Å²) in [5.74, 6) is -0.165. The SMILES string of the molecule is NC(=O)c1ccccc1NC(=O)c1noc2c1CCCCC2. The van der Waals surface area contributed by atoms with Crippen LogP contribution < -0.4 is 11.1 Å². The van der Waals surface area contributed by atoms with Gasteiger partial charge in [-0.3, -0.25) is 9.59 Å². The van der Waals surface area contributed by atoms with Crippen LogP contribution in [0.2, 0.25) is 0 Å². The van der Waals surface area contributed by atoms with Gasteiger partial charge in [0.2, 0.25) is 0 Å². The van der Waals surface area contributed by atoms with E-state index in [0.717, 1.165) is 43.4 Å². The van der Waals surface area contributed by atoms with E-state index in [4.69, 9.17) is 10.3 Å². The van der Waals surface area contributed by atoms with E-state index in [1.165, 1.54) is 0 Å². The Morgan fingerprint density at radius 2 is 1.91 bits per heavy atom. The summed E-state index contributed by atoms with van der Waals surface area (Å²) < 4.78 is 5.30. The van der Waals surface area contributed by atoms with Crippen LogP contribution in [-0.2, 0) is 12.8 Å². The molecule has 0 radical (unpaired) electrons. The number of anilines is 1. The van der Waals surface area contributed by atoms with Crippen LogP contribution in [0.25, 0.3) is 0 Å². The third-order valence-corrected chi connectivity index (χ3v) is 3.86. The van der Waals surface area contributed by atoms with Gasteiger partial charge in [-0.05, 0) is 31.4 Å². The van der Waals surface area contributed by atoms with Crippen LogP contribution in [0.1, 0.15) is 51.4 Å². The smallest absolute Gasteiger partial charge is 0.278 e. The predicted octanol–water partition coefficient (Wildman–Crippen LogP) is 2.29. The van der Waals surface area contributed by atoms with Crippen LogP contribution in [-0.4, -0.2) is 17.0 Å².